The third-order valence-electron chi connectivity index (χ3n) is 4.09. The summed E-state index contributed by atoms with van der Waals surface area (Å²) < 4.78 is 10.3. The van der Waals surface area contributed by atoms with Gasteiger partial charge in [0.05, 0.1) is 13.2 Å². The van der Waals surface area contributed by atoms with Crippen LogP contribution < -0.4 is 0 Å². The Bertz CT molecular complexity index is 415. The van der Waals surface area contributed by atoms with Gasteiger partial charge in [-0.05, 0) is 52.4 Å². The van der Waals surface area contributed by atoms with Gasteiger partial charge in [-0.25, -0.2) is 0 Å². The van der Waals surface area contributed by atoms with Crippen LogP contribution in [0, 0.1) is 22.7 Å². The molecule has 140 valence electrons. The van der Waals surface area contributed by atoms with Crippen LogP contribution in [0.1, 0.15) is 68.2 Å². The maximum atomic E-state index is 13.4. The molecule has 24 heavy (non-hydrogen) atoms. The van der Waals surface area contributed by atoms with Gasteiger partial charge in [-0.1, -0.05) is 27.7 Å². The van der Waals surface area contributed by atoms with Crippen molar-refractivity contribution < 1.29 is 23.9 Å². The minimum Gasteiger partial charge on any atom is -0.465 e. The summed E-state index contributed by atoms with van der Waals surface area (Å²) >= 11 is 0. The summed E-state index contributed by atoms with van der Waals surface area (Å²) in [4.78, 5) is 38.5. The molecule has 0 aliphatic heterocycles. The monoisotopic (exact) mass is 342 g/mol. The number of carbonyl (C=O) groups excluding carboxylic acids is 3. The first-order valence-corrected chi connectivity index (χ1v) is 8.85. The second-order valence-electron chi connectivity index (χ2n) is 7.63. The zero-order valence-corrected chi connectivity index (χ0v) is 16.5. The van der Waals surface area contributed by atoms with E-state index in [-0.39, 0.29) is 25.0 Å². The van der Waals surface area contributed by atoms with E-state index in [1.54, 1.807) is 27.7 Å². The van der Waals surface area contributed by atoms with Crippen molar-refractivity contribution in [3.8, 4) is 0 Å². The molecule has 0 aromatic carbocycles. The molecular weight excluding hydrogens is 308 g/mol. The van der Waals surface area contributed by atoms with E-state index in [1.807, 2.05) is 27.7 Å². The summed E-state index contributed by atoms with van der Waals surface area (Å²) in [7, 11) is 0. The van der Waals surface area contributed by atoms with Crippen molar-refractivity contribution >= 4 is 17.7 Å². The Morgan fingerprint density at radius 3 is 1.25 bits per heavy atom. The van der Waals surface area contributed by atoms with Gasteiger partial charge in [-0.15, -0.1) is 0 Å². The van der Waals surface area contributed by atoms with Gasteiger partial charge in [-0.3, -0.25) is 14.4 Å². The molecule has 0 aromatic heterocycles. The molecule has 5 nitrogen and oxygen atoms in total. The molecule has 0 bridgehead atoms. The van der Waals surface area contributed by atoms with Crippen LogP contribution in [-0.4, -0.2) is 30.9 Å². The average Bonchev–Trinajstić information content (AvgIpc) is 2.45. The van der Waals surface area contributed by atoms with Crippen LogP contribution in [0.15, 0.2) is 0 Å². The topological polar surface area (TPSA) is 69.7 Å². The average molecular weight is 342 g/mol. The fourth-order valence-electron chi connectivity index (χ4n) is 3.36. The first kappa shape index (κ1) is 22.6. The van der Waals surface area contributed by atoms with Crippen molar-refractivity contribution in [1.82, 2.24) is 0 Å². The van der Waals surface area contributed by atoms with E-state index < -0.39 is 28.6 Å². The molecule has 0 radical (unpaired) electrons. The lowest BCUT2D eigenvalue weighted by Crippen LogP contribution is -2.51. The van der Waals surface area contributed by atoms with E-state index >= 15 is 0 Å². The quantitative estimate of drug-likeness (QED) is 0.446. The molecule has 2 unspecified atom stereocenters. The van der Waals surface area contributed by atoms with E-state index in [2.05, 4.69) is 0 Å². The zero-order valence-electron chi connectivity index (χ0n) is 16.5. The molecule has 2 atom stereocenters. The summed E-state index contributed by atoms with van der Waals surface area (Å²) in [5, 5.41) is 0. The number of hydrogen-bond donors (Lipinski definition) is 0. The molecule has 0 heterocycles. The second kappa shape index (κ2) is 9.19. The van der Waals surface area contributed by atoms with Gasteiger partial charge in [-0.2, -0.15) is 0 Å². The lowest BCUT2D eigenvalue weighted by atomic mass is 9.65. The summed E-state index contributed by atoms with van der Waals surface area (Å²) in [6.45, 7) is 14.7. The van der Waals surface area contributed by atoms with Gasteiger partial charge < -0.3 is 9.47 Å². The Labute approximate surface area is 146 Å². The van der Waals surface area contributed by atoms with E-state index in [0.717, 1.165) is 0 Å². The third kappa shape index (κ3) is 5.32. The van der Waals surface area contributed by atoms with Gasteiger partial charge in [0.1, 0.15) is 10.8 Å². The smallest absolute Gasteiger partial charge is 0.319 e. The van der Waals surface area contributed by atoms with Gasteiger partial charge in [0, 0.05) is 0 Å². The van der Waals surface area contributed by atoms with Crippen molar-refractivity contribution in [2.24, 2.45) is 22.7 Å². The third-order valence-corrected chi connectivity index (χ3v) is 4.09. The minimum absolute atomic E-state index is 0.105. The van der Waals surface area contributed by atoms with Crippen molar-refractivity contribution in [3.05, 3.63) is 0 Å². The predicted molar refractivity (Wildman–Crippen MR) is 93.4 cm³/mol. The molecular formula is C19H34O5. The highest BCUT2D eigenvalue weighted by molar-refractivity contribution is 6.14. The maximum absolute atomic E-state index is 13.4. The Morgan fingerprint density at radius 2 is 1.04 bits per heavy atom. The largest absolute Gasteiger partial charge is 0.465 e. The lowest BCUT2D eigenvalue weighted by molar-refractivity contribution is -0.171. The molecule has 0 aliphatic rings. The predicted octanol–water partition coefficient (Wildman–Crippen LogP) is 3.79. The van der Waals surface area contributed by atoms with Crippen LogP contribution in [0.5, 0.6) is 0 Å². The molecule has 0 saturated heterocycles. The molecule has 0 fully saturated rings. The fraction of sp³-hybridized carbons (Fsp3) is 0.842. The Kier molecular flexibility index (Phi) is 8.65. The van der Waals surface area contributed by atoms with Crippen LogP contribution >= 0.6 is 0 Å². The van der Waals surface area contributed by atoms with E-state index in [4.69, 9.17) is 9.47 Å². The van der Waals surface area contributed by atoms with E-state index in [1.165, 1.54) is 0 Å². The Morgan fingerprint density at radius 1 is 0.750 bits per heavy atom. The Hall–Kier alpha value is -1.39. The molecule has 5 heteroatoms. The normalized spacial score (nSPS) is 16.4. The van der Waals surface area contributed by atoms with Gasteiger partial charge in [0.25, 0.3) is 0 Å². The number of esters is 2. The summed E-state index contributed by atoms with van der Waals surface area (Å²) in [6.07, 6.45) is 0.662. The first-order chi connectivity index (χ1) is 11.0. The number of hydrogen-bond acceptors (Lipinski definition) is 5. The van der Waals surface area contributed by atoms with Crippen LogP contribution in [0.3, 0.4) is 0 Å². The standard InChI is InChI=1S/C19H34O5/c1-9-23-16(21)18(7,11-13(3)4)15(20)19(8,12-14(5)6)17(22)24-10-2/h13-14H,9-12H2,1-8H3. The number of rotatable bonds is 10. The highest BCUT2D eigenvalue weighted by Crippen LogP contribution is 2.40. The molecule has 0 amide bonds. The highest BCUT2D eigenvalue weighted by atomic mass is 16.5. The number of ketones is 1. The van der Waals surface area contributed by atoms with Crippen LogP contribution in [0.4, 0.5) is 0 Å². The number of Topliss-reactive ketones (excluding diaryl/α,β-unsaturated/α-hetero) is 1. The van der Waals surface area contributed by atoms with Crippen LogP contribution in [0.2, 0.25) is 0 Å². The van der Waals surface area contributed by atoms with Gasteiger partial charge in [0.15, 0.2) is 5.78 Å². The molecule has 0 saturated carbocycles. The molecule has 0 aromatic rings. The Balaban J connectivity index is 5.98. The first-order valence-electron chi connectivity index (χ1n) is 8.85. The number of carbonyl (C=O) groups is 3. The second-order valence-corrected chi connectivity index (χ2v) is 7.63. The van der Waals surface area contributed by atoms with Crippen LogP contribution in [-0.2, 0) is 23.9 Å². The van der Waals surface area contributed by atoms with Crippen LogP contribution in [0.25, 0.3) is 0 Å². The highest BCUT2D eigenvalue weighted by Gasteiger charge is 2.54. The minimum atomic E-state index is -1.36. The number of ether oxygens (including phenoxy) is 2. The van der Waals surface area contributed by atoms with Gasteiger partial charge >= 0.3 is 11.9 Å². The van der Waals surface area contributed by atoms with Gasteiger partial charge in [0.2, 0.25) is 0 Å². The van der Waals surface area contributed by atoms with Crippen molar-refractivity contribution in [2.75, 3.05) is 13.2 Å². The summed E-state index contributed by atoms with van der Waals surface area (Å²) in [5.41, 5.74) is -2.72. The van der Waals surface area contributed by atoms with Crippen molar-refractivity contribution in [1.29, 1.82) is 0 Å². The molecule has 0 rings (SSSR count). The summed E-state index contributed by atoms with van der Waals surface area (Å²) in [6, 6.07) is 0. The molecule has 0 spiro atoms. The molecule has 0 aliphatic carbocycles. The zero-order chi connectivity index (χ0) is 19.1. The maximum Gasteiger partial charge on any atom is 0.319 e. The van der Waals surface area contributed by atoms with Crippen molar-refractivity contribution in [3.63, 3.8) is 0 Å². The lowest BCUT2D eigenvalue weighted by Gasteiger charge is -2.36. The van der Waals surface area contributed by atoms with E-state index in [0.29, 0.717) is 12.8 Å². The van der Waals surface area contributed by atoms with Crippen molar-refractivity contribution in [2.45, 2.75) is 68.2 Å². The summed E-state index contributed by atoms with van der Waals surface area (Å²) in [5.74, 6) is -1.33. The SMILES string of the molecule is CCOC(=O)C(C)(CC(C)C)C(=O)C(C)(CC(C)C)C(=O)OCC. The van der Waals surface area contributed by atoms with E-state index in [9.17, 15) is 14.4 Å². The molecule has 0 N–H and O–H groups in total. The fourth-order valence-corrected chi connectivity index (χ4v) is 3.36.